The number of carbonyl (C=O) groups is 1. The molecule has 1 aliphatic rings. The predicted molar refractivity (Wildman–Crippen MR) is 113 cm³/mol. The Balaban J connectivity index is 1.43. The van der Waals surface area contributed by atoms with Gasteiger partial charge in [-0.05, 0) is 25.0 Å². The summed E-state index contributed by atoms with van der Waals surface area (Å²) in [6.45, 7) is 1.33. The lowest BCUT2D eigenvalue weighted by Crippen LogP contribution is -2.41. The Morgan fingerprint density at radius 1 is 1.16 bits per heavy atom. The Labute approximate surface area is 176 Å². The van der Waals surface area contributed by atoms with E-state index >= 15 is 0 Å². The van der Waals surface area contributed by atoms with Crippen molar-refractivity contribution in [1.29, 1.82) is 0 Å². The fourth-order valence-electron chi connectivity index (χ4n) is 4.09. The van der Waals surface area contributed by atoms with Crippen LogP contribution in [0.4, 0.5) is 18.9 Å². The molecule has 2 N–H and O–H groups in total. The van der Waals surface area contributed by atoms with Gasteiger partial charge in [-0.1, -0.05) is 18.2 Å². The molecule has 164 valence electrons. The molecule has 31 heavy (non-hydrogen) atoms. The SMILES string of the molecule is O=C(CCC(F)(F)F)CN1CCC(Nc2ccnc3[nH]c(=O)c4ccccc4c23)CC1. The number of H-pyrrole nitrogens is 1. The molecule has 0 radical (unpaired) electrons. The minimum absolute atomic E-state index is 0.0624. The molecule has 0 saturated carbocycles. The summed E-state index contributed by atoms with van der Waals surface area (Å²) in [5, 5.41) is 5.80. The number of hydrogen-bond acceptors (Lipinski definition) is 5. The summed E-state index contributed by atoms with van der Waals surface area (Å²) in [5.74, 6) is -0.376. The van der Waals surface area contributed by atoms with Crippen molar-refractivity contribution < 1.29 is 18.0 Å². The summed E-state index contributed by atoms with van der Waals surface area (Å²) in [5.41, 5.74) is 1.20. The Morgan fingerprint density at radius 2 is 1.87 bits per heavy atom. The van der Waals surface area contributed by atoms with E-state index in [2.05, 4.69) is 15.3 Å². The lowest BCUT2D eigenvalue weighted by molar-refractivity contribution is -0.143. The Kier molecular flexibility index (Phi) is 5.95. The number of aromatic nitrogens is 2. The van der Waals surface area contributed by atoms with Gasteiger partial charge in [-0.15, -0.1) is 0 Å². The molecule has 0 amide bonds. The van der Waals surface area contributed by atoms with Crippen molar-refractivity contribution >= 4 is 33.3 Å². The first-order valence-corrected chi connectivity index (χ1v) is 10.3. The molecule has 2 aromatic heterocycles. The van der Waals surface area contributed by atoms with Crippen molar-refractivity contribution in [3.8, 4) is 0 Å². The molecule has 1 aromatic carbocycles. The van der Waals surface area contributed by atoms with E-state index in [1.165, 1.54) is 0 Å². The number of hydrogen-bond donors (Lipinski definition) is 2. The molecule has 0 spiro atoms. The van der Waals surface area contributed by atoms with Crippen LogP contribution in [-0.2, 0) is 4.79 Å². The summed E-state index contributed by atoms with van der Waals surface area (Å²) < 4.78 is 36.9. The van der Waals surface area contributed by atoms with Crippen molar-refractivity contribution in [3.05, 3.63) is 46.9 Å². The maximum atomic E-state index is 12.3. The van der Waals surface area contributed by atoms with E-state index in [-0.39, 0.29) is 23.9 Å². The smallest absolute Gasteiger partial charge is 0.382 e. The highest BCUT2D eigenvalue weighted by Gasteiger charge is 2.29. The van der Waals surface area contributed by atoms with Crippen LogP contribution >= 0.6 is 0 Å². The summed E-state index contributed by atoms with van der Waals surface area (Å²) in [7, 11) is 0. The number of ketones is 1. The zero-order valence-electron chi connectivity index (χ0n) is 16.8. The van der Waals surface area contributed by atoms with Crippen molar-refractivity contribution in [1.82, 2.24) is 14.9 Å². The quantitative estimate of drug-likeness (QED) is 0.579. The molecule has 3 aromatic rings. The molecule has 3 heterocycles. The number of halogens is 3. The van der Waals surface area contributed by atoms with Crippen LogP contribution in [-0.4, -0.2) is 52.5 Å². The van der Waals surface area contributed by atoms with Crippen LogP contribution in [0.5, 0.6) is 0 Å². The van der Waals surface area contributed by atoms with E-state index in [0.29, 0.717) is 24.1 Å². The Morgan fingerprint density at radius 3 is 2.58 bits per heavy atom. The van der Waals surface area contributed by atoms with Crippen LogP contribution in [0.15, 0.2) is 41.3 Å². The number of carbonyl (C=O) groups excluding carboxylic acids is 1. The Bertz CT molecular complexity index is 1150. The van der Waals surface area contributed by atoms with Gasteiger partial charge in [0.15, 0.2) is 0 Å². The first-order chi connectivity index (χ1) is 14.8. The van der Waals surface area contributed by atoms with Gasteiger partial charge in [-0.2, -0.15) is 13.2 Å². The average molecular weight is 432 g/mol. The summed E-state index contributed by atoms with van der Waals surface area (Å²) in [6.07, 6.45) is -2.65. The van der Waals surface area contributed by atoms with Crippen molar-refractivity contribution in [2.75, 3.05) is 25.0 Å². The van der Waals surface area contributed by atoms with Crippen LogP contribution in [0.1, 0.15) is 25.7 Å². The van der Waals surface area contributed by atoms with Gasteiger partial charge in [-0.3, -0.25) is 14.5 Å². The highest BCUT2D eigenvalue weighted by molar-refractivity contribution is 6.10. The number of nitrogens with one attached hydrogen (secondary N) is 2. The Hall–Kier alpha value is -2.94. The van der Waals surface area contributed by atoms with E-state index in [4.69, 9.17) is 0 Å². The van der Waals surface area contributed by atoms with Gasteiger partial charge in [0.05, 0.1) is 13.0 Å². The minimum Gasteiger partial charge on any atom is -0.382 e. The third-order valence-electron chi connectivity index (χ3n) is 5.66. The van der Waals surface area contributed by atoms with E-state index in [1.807, 2.05) is 29.2 Å². The van der Waals surface area contributed by atoms with E-state index in [0.717, 1.165) is 29.3 Å². The van der Waals surface area contributed by atoms with E-state index in [1.54, 1.807) is 12.3 Å². The van der Waals surface area contributed by atoms with Crippen molar-refractivity contribution in [3.63, 3.8) is 0 Å². The molecule has 0 bridgehead atoms. The van der Waals surface area contributed by atoms with Crippen LogP contribution < -0.4 is 10.9 Å². The van der Waals surface area contributed by atoms with Crippen molar-refractivity contribution in [2.45, 2.75) is 37.9 Å². The van der Waals surface area contributed by atoms with Gasteiger partial charge in [0.1, 0.15) is 11.4 Å². The highest BCUT2D eigenvalue weighted by atomic mass is 19.4. The number of aromatic amines is 1. The lowest BCUT2D eigenvalue weighted by atomic mass is 10.0. The molecule has 0 unspecified atom stereocenters. The van der Waals surface area contributed by atoms with Crippen LogP contribution in [0.25, 0.3) is 21.8 Å². The number of piperidine rings is 1. The molecular formula is C22H23F3N4O2. The molecule has 6 nitrogen and oxygen atoms in total. The van der Waals surface area contributed by atoms with Gasteiger partial charge in [0.25, 0.3) is 5.56 Å². The second-order valence-corrected chi connectivity index (χ2v) is 7.93. The molecule has 4 rings (SSSR count). The number of benzene rings is 1. The first kappa shape index (κ1) is 21.3. The zero-order valence-corrected chi connectivity index (χ0v) is 16.8. The third kappa shape index (κ3) is 5.04. The van der Waals surface area contributed by atoms with E-state index in [9.17, 15) is 22.8 Å². The minimum atomic E-state index is -4.30. The predicted octanol–water partition coefficient (Wildman–Crippen LogP) is 3.86. The fourth-order valence-corrected chi connectivity index (χ4v) is 4.09. The number of pyridine rings is 2. The number of alkyl halides is 3. The molecule has 1 saturated heterocycles. The number of fused-ring (bicyclic) bond motifs is 3. The molecular weight excluding hydrogens is 409 g/mol. The topological polar surface area (TPSA) is 78.1 Å². The molecule has 9 heteroatoms. The molecule has 0 atom stereocenters. The summed E-state index contributed by atoms with van der Waals surface area (Å²) in [6, 6.07) is 9.40. The van der Waals surface area contributed by atoms with Gasteiger partial charge in [-0.25, -0.2) is 4.98 Å². The summed E-state index contributed by atoms with van der Waals surface area (Å²) >= 11 is 0. The van der Waals surface area contributed by atoms with E-state index < -0.39 is 19.0 Å². The highest BCUT2D eigenvalue weighted by Crippen LogP contribution is 2.29. The monoisotopic (exact) mass is 432 g/mol. The maximum Gasteiger partial charge on any atom is 0.389 e. The zero-order chi connectivity index (χ0) is 22.0. The number of nitrogens with zero attached hydrogens (tertiary/aromatic N) is 2. The number of likely N-dealkylation sites (tertiary alicyclic amines) is 1. The normalized spacial score (nSPS) is 16.1. The van der Waals surface area contributed by atoms with Crippen LogP contribution in [0.2, 0.25) is 0 Å². The average Bonchev–Trinajstić information content (AvgIpc) is 2.73. The van der Waals surface area contributed by atoms with Gasteiger partial charge < -0.3 is 10.3 Å². The van der Waals surface area contributed by atoms with Crippen molar-refractivity contribution in [2.24, 2.45) is 0 Å². The fraction of sp³-hybridized carbons (Fsp3) is 0.409. The number of Topliss-reactive ketones (excluding diaryl/α,β-unsaturated/α-hetero) is 1. The standard InChI is InChI=1S/C22H23F3N4O2/c23-22(24,25)9-5-15(30)13-29-11-7-14(8-12-29)27-18-6-10-26-20-19(18)16-3-1-2-4-17(16)21(31)28-20/h1-4,6,10,14H,5,7-9,11-13H2,(H2,26,27,28,31). The second-order valence-electron chi connectivity index (χ2n) is 7.93. The largest absolute Gasteiger partial charge is 0.389 e. The maximum absolute atomic E-state index is 12.3. The molecule has 1 aliphatic heterocycles. The summed E-state index contributed by atoms with van der Waals surface area (Å²) in [4.78, 5) is 33.2. The van der Waals surface area contributed by atoms with Gasteiger partial charge >= 0.3 is 6.18 Å². The lowest BCUT2D eigenvalue weighted by Gasteiger charge is -2.32. The number of anilines is 1. The van der Waals surface area contributed by atoms with Gasteiger partial charge in [0.2, 0.25) is 0 Å². The van der Waals surface area contributed by atoms with Crippen LogP contribution in [0.3, 0.4) is 0 Å². The second kappa shape index (κ2) is 8.66. The van der Waals surface area contributed by atoms with Gasteiger partial charge in [0, 0.05) is 53.6 Å². The third-order valence-corrected chi connectivity index (χ3v) is 5.66. The first-order valence-electron chi connectivity index (χ1n) is 10.3. The number of rotatable bonds is 6. The molecule has 1 fully saturated rings. The molecule has 0 aliphatic carbocycles. The van der Waals surface area contributed by atoms with Crippen LogP contribution in [0, 0.1) is 0 Å².